The molecule has 0 radical (unpaired) electrons. The second-order valence-corrected chi connectivity index (χ2v) is 9.19. The van der Waals surface area contributed by atoms with Crippen molar-refractivity contribution in [1.29, 1.82) is 0 Å². The fourth-order valence-corrected chi connectivity index (χ4v) is 5.26. The van der Waals surface area contributed by atoms with E-state index in [-0.39, 0.29) is 0 Å². The summed E-state index contributed by atoms with van der Waals surface area (Å²) in [5.41, 5.74) is 4.03. The maximum atomic E-state index is 6.01. The Morgan fingerprint density at radius 1 is 1.03 bits per heavy atom. The first-order valence-corrected chi connectivity index (χ1v) is 11.7. The van der Waals surface area contributed by atoms with Crippen LogP contribution in [0.15, 0.2) is 42.7 Å². The molecule has 0 aliphatic carbocycles. The van der Waals surface area contributed by atoms with Crippen LogP contribution in [0.3, 0.4) is 0 Å². The van der Waals surface area contributed by atoms with E-state index in [1.54, 1.807) is 0 Å². The minimum atomic E-state index is 0.491. The van der Waals surface area contributed by atoms with Crippen LogP contribution in [-0.2, 0) is 6.42 Å². The first-order valence-electron chi connectivity index (χ1n) is 11.7. The minimum absolute atomic E-state index is 0.491. The predicted molar refractivity (Wildman–Crippen MR) is 122 cm³/mol. The zero-order valence-electron chi connectivity index (χ0n) is 17.9. The number of hydrogen-bond acceptors (Lipinski definition) is 5. The van der Waals surface area contributed by atoms with Gasteiger partial charge in [-0.15, -0.1) is 0 Å². The van der Waals surface area contributed by atoms with Crippen molar-refractivity contribution in [2.45, 2.75) is 57.0 Å². The van der Waals surface area contributed by atoms with Crippen LogP contribution in [0.1, 0.15) is 44.1 Å². The average Bonchev–Trinajstić information content (AvgIpc) is 3.32. The molecule has 2 aromatic rings. The minimum Gasteiger partial charge on any atom is -0.490 e. The number of aryl methyl sites for hydroxylation is 1. The number of rotatable bonds is 6. The van der Waals surface area contributed by atoms with E-state index in [9.17, 15) is 0 Å². The summed E-state index contributed by atoms with van der Waals surface area (Å²) < 4.78 is 6.01. The van der Waals surface area contributed by atoms with Crippen molar-refractivity contribution >= 4 is 11.4 Å². The molecule has 1 aromatic carbocycles. The number of nitrogens with one attached hydrogen (secondary N) is 2. The third-order valence-electron chi connectivity index (χ3n) is 7.05. The molecule has 5 nitrogen and oxygen atoms in total. The molecule has 0 saturated carbocycles. The monoisotopic (exact) mass is 406 g/mol. The lowest BCUT2D eigenvalue weighted by Crippen LogP contribution is -2.36. The van der Waals surface area contributed by atoms with E-state index in [1.807, 2.05) is 12.4 Å². The Morgan fingerprint density at radius 3 is 2.80 bits per heavy atom. The Bertz CT molecular complexity index is 827. The quantitative estimate of drug-likeness (QED) is 0.751. The Labute approximate surface area is 180 Å². The summed E-state index contributed by atoms with van der Waals surface area (Å²) in [5.74, 6) is 1.71. The molecule has 3 aliphatic heterocycles. The number of piperidine rings is 1. The van der Waals surface area contributed by atoms with Gasteiger partial charge in [0.2, 0.25) is 0 Å². The van der Waals surface area contributed by atoms with Crippen molar-refractivity contribution in [3.05, 3.63) is 48.3 Å². The third-order valence-corrected chi connectivity index (χ3v) is 7.05. The van der Waals surface area contributed by atoms with Gasteiger partial charge in [0, 0.05) is 36.9 Å². The summed E-state index contributed by atoms with van der Waals surface area (Å²) in [6.45, 7) is 4.08. The van der Waals surface area contributed by atoms with E-state index in [0.717, 1.165) is 37.9 Å². The molecule has 5 heteroatoms. The number of pyridine rings is 1. The van der Waals surface area contributed by atoms with Crippen LogP contribution in [0, 0.1) is 5.92 Å². The van der Waals surface area contributed by atoms with Gasteiger partial charge >= 0.3 is 0 Å². The lowest BCUT2D eigenvalue weighted by Gasteiger charge is -2.36. The third kappa shape index (κ3) is 4.72. The molecule has 2 fully saturated rings. The topological polar surface area (TPSA) is 49.4 Å². The maximum absolute atomic E-state index is 6.01. The van der Waals surface area contributed by atoms with E-state index in [0.29, 0.717) is 12.1 Å². The van der Waals surface area contributed by atoms with Gasteiger partial charge in [0.25, 0.3) is 0 Å². The molecule has 2 atom stereocenters. The molecule has 160 valence electrons. The molecule has 2 N–H and O–H groups in total. The molecule has 1 unspecified atom stereocenters. The van der Waals surface area contributed by atoms with Gasteiger partial charge in [-0.05, 0) is 69.0 Å². The van der Waals surface area contributed by atoms with Gasteiger partial charge in [-0.3, -0.25) is 4.98 Å². The van der Waals surface area contributed by atoms with Gasteiger partial charge in [-0.2, -0.15) is 0 Å². The van der Waals surface area contributed by atoms with Gasteiger partial charge in [0.05, 0.1) is 18.1 Å². The Balaban J connectivity index is 1.10. The number of para-hydroxylation sites is 1. The van der Waals surface area contributed by atoms with Crippen molar-refractivity contribution in [3.63, 3.8) is 0 Å². The van der Waals surface area contributed by atoms with Crippen LogP contribution in [0.25, 0.3) is 0 Å². The maximum Gasteiger partial charge on any atom is 0.139 e. The highest BCUT2D eigenvalue weighted by Gasteiger charge is 2.25. The van der Waals surface area contributed by atoms with Crippen LogP contribution < -0.4 is 20.3 Å². The molecular weight excluding hydrogens is 372 g/mol. The zero-order valence-corrected chi connectivity index (χ0v) is 17.9. The van der Waals surface area contributed by atoms with Gasteiger partial charge in [0.15, 0.2) is 0 Å². The van der Waals surface area contributed by atoms with E-state index < -0.39 is 0 Å². The van der Waals surface area contributed by atoms with Crippen LogP contribution in [0.4, 0.5) is 11.4 Å². The molecule has 4 heterocycles. The average molecular weight is 407 g/mol. The highest BCUT2D eigenvalue weighted by atomic mass is 16.5. The van der Waals surface area contributed by atoms with Gasteiger partial charge in [0.1, 0.15) is 12.4 Å². The fourth-order valence-electron chi connectivity index (χ4n) is 5.26. The number of ether oxygens (including phenoxy) is 1. The standard InChI is InChI=1S/C25H34N4O/c1-2-6-25-20(4-1)7-8-21(28-25)14-19-9-12-29(13-10-19)23-15-24(17-26-16-23)30-18-22-5-3-11-27-22/h1-2,4,6,15-17,19,21-22,27-28H,3,5,7-14,18H2/t21?,22-/m0/s1. The summed E-state index contributed by atoms with van der Waals surface area (Å²) in [6.07, 6.45) is 12.6. The summed E-state index contributed by atoms with van der Waals surface area (Å²) in [4.78, 5) is 6.92. The van der Waals surface area contributed by atoms with Crippen molar-refractivity contribution in [2.75, 3.05) is 36.5 Å². The van der Waals surface area contributed by atoms with E-state index >= 15 is 0 Å². The molecular formula is C25H34N4O. The zero-order chi connectivity index (χ0) is 20.2. The Morgan fingerprint density at radius 2 is 1.93 bits per heavy atom. The normalized spacial score (nSPS) is 24.3. The number of benzene rings is 1. The molecule has 0 spiro atoms. The van der Waals surface area contributed by atoms with E-state index in [4.69, 9.17) is 4.74 Å². The molecule has 0 amide bonds. The number of anilines is 2. The van der Waals surface area contributed by atoms with E-state index in [1.165, 1.54) is 61.9 Å². The highest BCUT2D eigenvalue weighted by molar-refractivity contribution is 5.53. The number of hydrogen-bond donors (Lipinski definition) is 2. The number of aromatic nitrogens is 1. The van der Waals surface area contributed by atoms with Crippen LogP contribution in [0.5, 0.6) is 5.75 Å². The molecule has 30 heavy (non-hydrogen) atoms. The number of nitrogens with zero attached hydrogens (tertiary/aromatic N) is 2. The Kier molecular flexibility index (Phi) is 6.07. The molecule has 1 aromatic heterocycles. The molecule has 2 saturated heterocycles. The van der Waals surface area contributed by atoms with Crippen LogP contribution in [0.2, 0.25) is 0 Å². The molecule has 3 aliphatic rings. The lowest BCUT2D eigenvalue weighted by atomic mass is 9.86. The molecule has 5 rings (SSSR count). The van der Waals surface area contributed by atoms with Gasteiger partial charge < -0.3 is 20.3 Å². The largest absolute Gasteiger partial charge is 0.490 e. The number of fused-ring (bicyclic) bond motifs is 1. The summed E-state index contributed by atoms with van der Waals surface area (Å²) in [5, 5.41) is 7.27. The van der Waals surface area contributed by atoms with Gasteiger partial charge in [-0.25, -0.2) is 0 Å². The highest BCUT2D eigenvalue weighted by Crippen LogP contribution is 2.32. The van der Waals surface area contributed by atoms with E-state index in [2.05, 4.69) is 50.8 Å². The second-order valence-electron chi connectivity index (χ2n) is 9.19. The smallest absolute Gasteiger partial charge is 0.139 e. The fraction of sp³-hybridized carbons (Fsp3) is 0.560. The predicted octanol–water partition coefficient (Wildman–Crippen LogP) is 4.25. The second kappa shape index (κ2) is 9.25. The van der Waals surface area contributed by atoms with Crippen molar-refractivity contribution in [2.24, 2.45) is 5.92 Å². The first-order chi connectivity index (χ1) is 14.8. The van der Waals surface area contributed by atoms with Crippen LogP contribution >= 0.6 is 0 Å². The van der Waals surface area contributed by atoms with Crippen LogP contribution in [-0.4, -0.2) is 43.3 Å². The summed E-state index contributed by atoms with van der Waals surface area (Å²) in [6, 6.07) is 12.1. The SMILES string of the molecule is c1ccc2c(c1)CCC(CC1CCN(c3cncc(OC[C@@H]4CCCN4)c3)CC1)N2. The van der Waals surface area contributed by atoms with Gasteiger partial charge in [-0.1, -0.05) is 18.2 Å². The Hall–Kier alpha value is -2.27. The first kappa shape index (κ1) is 19.7. The summed E-state index contributed by atoms with van der Waals surface area (Å²) >= 11 is 0. The van der Waals surface area contributed by atoms with Crippen molar-refractivity contribution < 1.29 is 4.74 Å². The van der Waals surface area contributed by atoms with Crippen molar-refractivity contribution in [1.82, 2.24) is 10.3 Å². The van der Waals surface area contributed by atoms with Crippen molar-refractivity contribution in [3.8, 4) is 5.75 Å². The molecule has 0 bridgehead atoms. The summed E-state index contributed by atoms with van der Waals surface area (Å²) in [7, 11) is 0. The lowest BCUT2D eigenvalue weighted by molar-refractivity contribution is 0.276.